The van der Waals surface area contributed by atoms with Gasteiger partial charge in [-0.15, -0.1) is 0 Å². The van der Waals surface area contributed by atoms with E-state index >= 15 is 0 Å². The third-order valence-electron chi connectivity index (χ3n) is 4.07. The zero-order valence-electron chi connectivity index (χ0n) is 9.31. The van der Waals surface area contributed by atoms with E-state index < -0.39 is 6.43 Å². The second kappa shape index (κ2) is 4.34. The van der Waals surface area contributed by atoms with Crippen molar-refractivity contribution in [3.8, 4) is 0 Å². The van der Waals surface area contributed by atoms with Gasteiger partial charge in [0.05, 0.1) is 6.54 Å². The number of hydrogen-bond acceptors (Lipinski definition) is 2. The van der Waals surface area contributed by atoms with Crippen LogP contribution in [-0.2, 0) is 0 Å². The summed E-state index contributed by atoms with van der Waals surface area (Å²) in [4.78, 5) is 2.02. The fourth-order valence-electron chi connectivity index (χ4n) is 3.29. The maximum absolute atomic E-state index is 12.5. The number of piperidine rings is 1. The molecule has 2 atom stereocenters. The molecule has 15 heavy (non-hydrogen) atoms. The first-order chi connectivity index (χ1) is 7.15. The Hall–Kier alpha value is -0.220. The molecule has 0 radical (unpaired) electrons. The first kappa shape index (κ1) is 11.3. The first-order valence-electron chi connectivity index (χ1n) is 5.92. The first-order valence-corrected chi connectivity index (χ1v) is 5.92. The molecule has 0 aromatic heterocycles. The Balaban J connectivity index is 2.09. The molecule has 4 heteroatoms. The van der Waals surface area contributed by atoms with Crippen LogP contribution in [0.4, 0.5) is 8.78 Å². The Labute approximate surface area is 90.0 Å². The predicted octanol–water partition coefficient (Wildman–Crippen LogP) is 1.86. The van der Waals surface area contributed by atoms with E-state index in [1.807, 2.05) is 4.90 Å². The highest BCUT2D eigenvalue weighted by atomic mass is 19.3. The van der Waals surface area contributed by atoms with Gasteiger partial charge in [-0.1, -0.05) is 0 Å². The predicted molar refractivity (Wildman–Crippen MR) is 56.2 cm³/mol. The summed E-state index contributed by atoms with van der Waals surface area (Å²) in [5, 5.41) is 3.43. The van der Waals surface area contributed by atoms with Gasteiger partial charge < -0.3 is 5.32 Å². The number of likely N-dealkylation sites (tertiary alicyclic amines) is 1. The monoisotopic (exact) mass is 218 g/mol. The molecule has 1 N–H and O–H groups in total. The van der Waals surface area contributed by atoms with Crippen LogP contribution in [0.2, 0.25) is 0 Å². The van der Waals surface area contributed by atoms with Crippen LogP contribution in [0.15, 0.2) is 0 Å². The van der Waals surface area contributed by atoms with Crippen LogP contribution in [0.25, 0.3) is 0 Å². The van der Waals surface area contributed by atoms with Gasteiger partial charge in [0.25, 0.3) is 6.43 Å². The van der Waals surface area contributed by atoms with Gasteiger partial charge in [-0.05, 0) is 45.7 Å². The summed E-state index contributed by atoms with van der Waals surface area (Å²) in [7, 11) is 0. The van der Waals surface area contributed by atoms with Crippen molar-refractivity contribution in [1.29, 1.82) is 0 Å². The van der Waals surface area contributed by atoms with E-state index in [9.17, 15) is 8.78 Å². The lowest BCUT2D eigenvalue weighted by molar-refractivity contribution is 0.0135. The number of hydrogen-bond donors (Lipinski definition) is 1. The fourth-order valence-corrected chi connectivity index (χ4v) is 3.29. The van der Waals surface area contributed by atoms with Gasteiger partial charge >= 0.3 is 0 Å². The summed E-state index contributed by atoms with van der Waals surface area (Å²) < 4.78 is 25.0. The zero-order chi connectivity index (χ0) is 10.9. The van der Waals surface area contributed by atoms with E-state index in [1.165, 1.54) is 0 Å². The van der Waals surface area contributed by atoms with Gasteiger partial charge in [0, 0.05) is 11.6 Å². The SMILES string of the molecule is CC1NCCCC12CCCN2CC(F)F. The summed E-state index contributed by atoms with van der Waals surface area (Å²) in [5.74, 6) is 0. The van der Waals surface area contributed by atoms with Gasteiger partial charge in [-0.3, -0.25) is 4.90 Å². The van der Waals surface area contributed by atoms with Crippen molar-refractivity contribution in [3.63, 3.8) is 0 Å². The van der Waals surface area contributed by atoms with Crippen molar-refractivity contribution in [3.05, 3.63) is 0 Å². The Morgan fingerprint density at radius 3 is 2.80 bits per heavy atom. The molecule has 1 spiro atoms. The second-order valence-electron chi connectivity index (χ2n) is 4.82. The second-order valence-corrected chi connectivity index (χ2v) is 4.82. The summed E-state index contributed by atoms with van der Waals surface area (Å²) in [6, 6.07) is 0.354. The molecule has 0 aliphatic carbocycles. The average molecular weight is 218 g/mol. The minimum atomic E-state index is -2.20. The summed E-state index contributed by atoms with van der Waals surface area (Å²) in [5.41, 5.74) is 0.0225. The molecular weight excluding hydrogens is 198 g/mol. The van der Waals surface area contributed by atoms with Crippen molar-refractivity contribution in [2.24, 2.45) is 0 Å². The minimum absolute atomic E-state index is 0.0225. The van der Waals surface area contributed by atoms with E-state index in [0.717, 1.165) is 38.8 Å². The molecule has 2 rings (SSSR count). The van der Waals surface area contributed by atoms with Gasteiger partial charge in [0.2, 0.25) is 0 Å². The third kappa shape index (κ3) is 2.02. The van der Waals surface area contributed by atoms with E-state index in [2.05, 4.69) is 12.2 Å². The minimum Gasteiger partial charge on any atom is -0.312 e. The average Bonchev–Trinajstić information content (AvgIpc) is 2.55. The molecule has 2 heterocycles. The van der Waals surface area contributed by atoms with Crippen molar-refractivity contribution in [2.75, 3.05) is 19.6 Å². The fraction of sp³-hybridized carbons (Fsp3) is 1.00. The molecule has 2 nitrogen and oxygen atoms in total. The Bertz CT molecular complexity index is 223. The topological polar surface area (TPSA) is 15.3 Å². The van der Waals surface area contributed by atoms with Crippen LogP contribution >= 0.6 is 0 Å². The molecule has 0 bridgehead atoms. The number of alkyl halides is 2. The number of nitrogens with zero attached hydrogens (tertiary/aromatic N) is 1. The maximum atomic E-state index is 12.5. The zero-order valence-corrected chi connectivity index (χ0v) is 9.31. The third-order valence-corrected chi connectivity index (χ3v) is 4.07. The van der Waals surface area contributed by atoms with E-state index in [0.29, 0.717) is 6.04 Å². The van der Waals surface area contributed by atoms with Gasteiger partial charge in [-0.25, -0.2) is 8.78 Å². The highest BCUT2D eigenvalue weighted by molar-refractivity contribution is 5.04. The summed E-state index contributed by atoms with van der Waals surface area (Å²) >= 11 is 0. The molecule has 0 aromatic carbocycles. The van der Waals surface area contributed by atoms with Gasteiger partial charge in [0.1, 0.15) is 0 Å². The normalized spacial score (nSPS) is 38.0. The molecule has 2 unspecified atom stereocenters. The van der Waals surface area contributed by atoms with Crippen LogP contribution in [0, 0.1) is 0 Å². The highest BCUT2D eigenvalue weighted by Crippen LogP contribution is 2.38. The van der Waals surface area contributed by atoms with Crippen molar-refractivity contribution in [2.45, 2.75) is 50.6 Å². The van der Waals surface area contributed by atoms with Crippen LogP contribution < -0.4 is 5.32 Å². The van der Waals surface area contributed by atoms with E-state index in [1.54, 1.807) is 0 Å². The molecule has 2 aliphatic rings. The molecule has 2 fully saturated rings. The Kier molecular flexibility index (Phi) is 3.26. The van der Waals surface area contributed by atoms with Crippen LogP contribution in [0.5, 0.6) is 0 Å². The summed E-state index contributed by atoms with van der Waals surface area (Å²) in [6.45, 7) is 3.97. The van der Waals surface area contributed by atoms with Crippen molar-refractivity contribution < 1.29 is 8.78 Å². The van der Waals surface area contributed by atoms with Gasteiger partial charge in [0.15, 0.2) is 0 Å². The molecule has 0 amide bonds. The van der Waals surface area contributed by atoms with Crippen molar-refractivity contribution in [1.82, 2.24) is 10.2 Å². The number of rotatable bonds is 2. The largest absolute Gasteiger partial charge is 0.312 e. The molecule has 2 aliphatic heterocycles. The van der Waals surface area contributed by atoms with Crippen LogP contribution in [0.3, 0.4) is 0 Å². The van der Waals surface area contributed by atoms with E-state index in [4.69, 9.17) is 0 Å². The molecule has 88 valence electrons. The molecular formula is C11H20F2N2. The Morgan fingerprint density at radius 2 is 2.13 bits per heavy atom. The number of nitrogens with one attached hydrogen (secondary N) is 1. The highest BCUT2D eigenvalue weighted by Gasteiger charge is 2.46. The van der Waals surface area contributed by atoms with Crippen molar-refractivity contribution >= 4 is 0 Å². The summed E-state index contributed by atoms with van der Waals surface area (Å²) in [6.07, 6.45) is 2.14. The van der Waals surface area contributed by atoms with Crippen LogP contribution in [-0.4, -0.2) is 42.5 Å². The lowest BCUT2D eigenvalue weighted by Crippen LogP contribution is -2.60. The molecule has 2 saturated heterocycles. The van der Waals surface area contributed by atoms with E-state index in [-0.39, 0.29) is 12.1 Å². The standard InChI is InChI=1S/C11H20F2N2/c1-9-11(4-2-6-14-9)5-3-7-15(11)8-10(12)13/h9-10,14H,2-8H2,1H3. The quantitative estimate of drug-likeness (QED) is 0.761. The molecule has 0 aromatic rings. The Morgan fingerprint density at radius 1 is 1.40 bits per heavy atom. The number of halogens is 2. The lowest BCUT2D eigenvalue weighted by atomic mass is 9.81. The smallest absolute Gasteiger partial charge is 0.251 e. The van der Waals surface area contributed by atoms with Crippen LogP contribution in [0.1, 0.15) is 32.6 Å². The maximum Gasteiger partial charge on any atom is 0.251 e. The van der Waals surface area contributed by atoms with Gasteiger partial charge in [-0.2, -0.15) is 0 Å². The lowest BCUT2D eigenvalue weighted by Gasteiger charge is -2.46. The molecule has 0 saturated carbocycles.